The number of nitrogen functional groups attached to an aromatic ring is 2. The van der Waals surface area contributed by atoms with Crippen LogP contribution >= 0.6 is 11.8 Å². The summed E-state index contributed by atoms with van der Waals surface area (Å²) in [5.41, 5.74) is 18.1. The van der Waals surface area contributed by atoms with E-state index >= 15 is 0 Å². The largest absolute Gasteiger partial charge is 0.383 e. The number of hydrogen-bond donors (Lipinski definition) is 3. The van der Waals surface area contributed by atoms with E-state index < -0.39 is 0 Å². The highest BCUT2D eigenvalue weighted by molar-refractivity contribution is 7.99. The number of benzene rings is 1. The monoisotopic (exact) mass is 261 g/mol. The standard InChI is InChI=1S/C12H15N5S/c1-7(13)8-2-4-9(5-3-8)18-12-16-10(14)6-11(15)17-12/h2-7H,13H2,1H3,(H4,14,15,16,17)/t7-/m0/s1. The van der Waals surface area contributed by atoms with Crippen LogP contribution in [0, 0.1) is 0 Å². The fourth-order valence-electron chi connectivity index (χ4n) is 1.45. The summed E-state index contributed by atoms with van der Waals surface area (Å²) in [7, 11) is 0. The zero-order chi connectivity index (χ0) is 13.1. The van der Waals surface area contributed by atoms with E-state index in [0.29, 0.717) is 16.8 Å². The molecule has 1 aromatic carbocycles. The van der Waals surface area contributed by atoms with Gasteiger partial charge in [0.15, 0.2) is 5.16 Å². The van der Waals surface area contributed by atoms with Crippen molar-refractivity contribution in [3.8, 4) is 0 Å². The van der Waals surface area contributed by atoms with Crippen LogP contribution in [0.5, 0.6) is 0 Å². The second-order valence-electron chi connectivity index (χ2n) is 3.96. The molecule has 0 aliphatic rings. The van der Waals surface area contributed by atoms with E-state index in [0.717, 1.165) is 10.5 Å². The van der Waals surface area contributed by atoms with Crippen molar-refractivity contribution in [2.45, 2.75) is 23.0 Å². The van der Waals surface area contributed by atoms with Gasteiger partial charge < -0.3 is 17.2 Å². The van der Waals surface area contributed by atoms with E-state index in [2.05, 4.69) is 9.97 Å². The molecule has 5 nitrogen and oxygen atoms in total. The summed E-state index contributed by atoms with van der Waals surface area (Å²) in [5, 5.41) is 0.543. The van der Waals surface area contributed by atoms with Crippen molar-refractivity contribution in [1.29, 1.82) is 0 Å². The summed E-state index contributed by atoms with van der Waals surface area (Å²) in [6.45, 7) is 1.95. The van der Waals surface area contributed by atoms with Gasteiger partial charge in [-0.1, -0.05) is 12.1 Å². The zero-order valence-electron chi connectivity index (χ0n) is 10.00. The van der Waals surface area contributed by atoms with Gasteiger partial charge in [0.1, 0.15) is 11.6 Å². The summed E-state index contributed by atoms with van der Waals surface area (Å²) in [4.78, 5) is 9.24. The Hall–Kier alpha value is -1.79. The smallest absolute Gasteiger partial charge is 0.196 e. The molecule has 2 rings (SSSR count). The minimum absolute atomic E-state index is 0.0308. The van der Waals surface area contributed by atoms with Crippen LogP contribution in [0.15, 0.2) is 40.4 Å². The van der Waals surface area contributed by atoms with Crippen molar-refractivity contribution in [2.75, 3.05) is 11.5 Å². The van der Waals surface area contributed by atoms with E-state index in [1.54, 1.807) is 0 Å². The van der Waals surface area contributed by atoms with Gasteiger partial charge >= 0.3 is 0 Å². The number of aromatic nitrogens is 2. The van der Waals surface area contributed by atoms with Gasteiger partial charge in [0, 0.05) is 17.0 Å². The fourth-order valence-corrected chi connectivity index (χ4v) is 2.24. The zero-order valence-corrected chi connectivity index (χ0v) is 10.8. The van der Waals surface area contributed by atoms with Crippen LogP contribution in [0.4, 0.5) is 11.6 Å². The van der Waals surface area contributed by atoms with Crippen molar-refractivity contribution in [1.82, 2.24) is 9.97 Å². The van der Waals surface area contributed by atoms with Crippen molar-refractivity contribution < 1.29 is 0 Å². The fraction of sp³-hybridized carbons (Fsp3) is 0.167. The molecule has 1 aromatic heterocycles. The first-order valence-electron chi connectivity index (χ1n) is 5.48. The highest BCUT2D eigenvalue weighted by Crippen LogP contribution is 2.26. The van der Waals surface area contributed by atoms with Crippen LogP contribution in [0.25, 0.3) is 0 Å². The summed E-state index contributed by atoms with van der Waals surface area (Å²) in [6, 6.07) is 9.50. The molecule has 0 unspecified atom stereocenters. The summed E-state index contributed by atoms with van der Waals surface area (Å²) < 4.78 is 0. The molecule has 0 saturated heterocycles. The molecule has 0 saturated carbocycles. The molecule has 0 radical (unpaired) electrons. The second kappa shape index (κ2) is 5.24. The topological polar surface area (TPSA) is 104 Å². The molecule has 18 heavy (non-hydrogen) atoms. The highest BCUT2D eigenvalue weighted by Gasteiger charge is 2.04. The predicted octanol–water partition coefficient (Wildman–Crippen LogP) is 1.81. The van der Waals surface area contributed by atoms with Gasteiger partial charge in [-0.3, -0.25) is 0 Å². The molecule has 6 heteroatoms. The quantitative estimate of drug-likeness (QED) is 0.728. The Balaban J connectivity index is 2.18. The summed E-state index contributed by atoms with van der Waals surface area (Å²) >= 11 is 1.41. The minimum Gasteiger partial charge on any atom is -0.383 e. The van der Waals surface area contributed by atoms with Crippen molar-refractivity contribution in [2.24, 2.45) is 5.73 Å². The first kappa shape index (κ1) is 12.7. The van der Waals surface area contributed by atoms with Crippen LogP contribution in [-0.4, -0.2) is 9.97 Å². The van der Waals surface area contributed by atoms with E-state index in [1.165, 1.54) is 17.8 Å². The molecule has 94 valence electrons. The van der Waals surface area contributed by atoms with E-state index in [1.807, 2.05) is 31.2 Å². The van der Waals surface area contributed by atoms with Crippen LogP contribution < -0.4 is 17.2 Å². The first-order valence-corrected chi connectivity index (χ1v) is 6.29. The van der Waals surface area contributed by atoms with Gasteiger partial charge in [0.2, 0.25) is 0 Å². The second-order valence-corrected chi connectivity index (χ2v) is 5.00. The Morgan fingerprint density at radius 2 is 1.61 bits per heavy atom. The third-order valence-corrected chi connectivity index (χ3v) is 3.23. The minimum atomic E-state index is 0.0308. The third kappa shape index (κ3) is 3.12. The van der Waals surface area contributed by atoms with Crippen LogP contribution in [0.1, 0.15) is 18.5 Å². The molecule has 1 heterocycles. The number of nitrogens with zero attached hydrogens (tertiary/aromatic N) is 2. The van der Waals surface area contributed by atoms with Gasteiger partial charge in [-0.2, -0.15) is 0 Å². The summed E-state index contributed by atoms with van der Waals surface area (Å²) in [6.07, 6.45) is 0. The Bertz CT molecular complexity index is 518. The van der Waals surface area contributed by atoms with E-state index in [-0.39, 0.29) is 6.04 Å². The lowest BCUT2D eigenvalue weighted by molar-refractivity contribution is 0.817. The number of anilines is 2. The van der Waals surface area contributed by atoms with Crippen molar-refractivity contribution in [3.05, 3.63) is 35.9 Å². The van der Waals surface area contributed by atoms with Gasteiger partial charge in [0.05, 0.1) is 0 Å². The molecule has 0 spiro atoms. The molecule has 6 N–H and O–H groups in total. The molecule has 1 atom stereocenters. The van der Waals surface area contributed by atoms with Crippen LogP contribution in [0.2, 0.25) is 0 Å². The summed E-state index contributed by atoms with van der Waals surface area (Å²) in [5.74, 6) is 0.745. The number of hydrogen-bond acceptors (Lipinski definition) is 6. The number of nitrogens with two attached hydrogens (primary N) is 3. The maximum absolute atomic E-state index is 5.79. The van der Waals surface area contributed by atoms with Crippen LogP contribution in [-0.2, 0) is 0 Å². The third-order valence-electron chi connectivity index (χ3n) is 2.36. The molecular formula is C12H15N5S. The van der Waals surface area contributed by atoms with E-state index in [4.69, 9.17) is 17.2 Å². The van der Waals surface area contributed by atoms with Crippen molar-refractivity contribution >= 4 is 23.4 Å². The first-order chi connectivity index (χ1) is 8.54. The van der Waals surface area contributed by atoms with Gasteiger partial charge in [-0.25, -0.2) is 9.97 Å². The maximum Gasteiger partial charge on any atom is 0.196 e. The van der Waals surface area contributed by atoms with Crippen molar-refractivity contribution in [3.63, 3.8) is 0 Å². The SMILES string of the molecule is C[C@H](N)c1ccc(Sc2nc(N)cc(N)n2)cc1. The average Bonchev–Trinajstić information content (AvgIpc) is 2.28. The van der Waals surface area contributed by atoms with Gasteiger partial charge in [0.25, 0.3) is 0 Å². The predicted molar refractivity (Wildman–Crippen MR) is 74.0 cm³/mol. The highest BCUT2D eigenvalue weighted by atomic mass is 32.2. The molecular weight excluding hydrogens is 246 g/mol. The Morgan fingerprint density at radius 3 is 2.11 bits per heavy atom. The average molecular weight is 261 g/mol. The maximum atomic E-state index is 5.79. The lowest BCUT2D eigenvalue weighted by Gasteiger charge is -2.06. The Morgan fingerprint density at radius 1 is 1.06 bits per heavy atom. The Kier molecular flexibility index (Phi) is 3.69. The molecule has 0 fully saturated rings. The van der Waals surface area contributed by atoms with E-state index in [9.17, 15) is 0 Å². The van der Waals surface area contributed by atoms with Crippen LogP contribution in [0.3, 0.4) is 0 Å². The number of rotatable bonds is 3. The van der Waals surface area contributed by atoms with Gasteiger partial charge in [-0.15, -0.1) is 0 Å². The lowest BCUT2D eigenvalue weighted by Crippen LogP contribution is -2.04. The molecule has 0 bridgehead atoms. The molecule has 0 aliphatic carbocycles. The Labute approximate surface area is 110 Å². The molecule has 0 amide bonds. The lowest BCUT2D eigenvalue weighted by atomic mass is 10.1. The van der Waals surface area contributed by atoms with Gasteiger partial charge in [-0.05, 0) is 36.4 Å². The molecule has 0 aliphatic heterocycles. The molecule has 2 aromatic rings. The normalized spacial score (nSPS) is 12.3.